The molecule has 2 rings (SSSR count). The number of hydrogen-bond acceptors (Lipinski definition) is 3. The van der Waals surface area contributed by atoms with Crippen LogP contribution in [-0.4, -0.2) is 25.0 Å². The van der Waals surface area contributed by atoms with Gasteiger partial charge in [0.2, 0.25) is 0 Å². The number of amides is 1. The van der Waals surface area contributed by atoms with Crippen LogP contribution in [0.1, 0.15) is 15.9 Å². The largest absolute Gasteiger partial charge is 0.496 e. The quantitative estimate of drug-likeness (QED) is 0.862. The SMILES string of the molecule is COc1ccc(N)cc1C(=O)N(C)Cc1ccccc1Br. The molecule has 0 atom stereocenters. The Morgan fingerprint density at radius 2 is 2.00 bits per heavy atom. The first-order chi connectivity index (χ1) is 10.0. The van der Waals surface area contributed by atoms with Crippen molar-refractivity contribution in [2.24, 2.45) is 0 Å². The van der Waals surface area contributed by atoms with E-state index in [2.05, 4.69) is 15.9 Å². The van der Waals surface area contributed by atoms with Crippen molar-refractivity contribution in [1.82, 2.24) is 4.90 Å². The molecule has 0 aliphatic heterocycles. The molecule has 0 spiro atoms. The number of carbonyl (C=O) groups is 1. The van der Waals surface area contributed by atoms with Crippen LogP contribution in [0.4, 0.5) is 5.69 Å². The van der Waals surface area contributed by atoms with Gasteiger partial charge in [-0.15, -0.1) is 0 Å². The zero-order valence-corrected chi connectivity index (χ0v) is 13.6. The molecule has 4 nitrogen and oxygen atoms in total. The molecule has 0 bridgehead atoms. The smallest absolute Gasteiger partial charge is 0.257 e. The lowest BCUT2D eigenvalue weighted by Gasteiger charge is -2.19. The Hall–Kier alpha value is -2.01. The highest BCUT2D eigenvalue weighted by Gasteiger charge is 2.17. The predicted octanol–water partition coefficient (Wildman–Crippen LogP) is 3.31. The van der Waals surface area contributed by atoms with Gasteiger partial charge in [0.1, 0.15) is 5.75 Å². The van der Waals surface area contributed by atoms with Gasteiger partial charge < -0.3 is 15.4 Å². The lowest BCUT2D eigenvalue weighted by atomic mass is 10.1. The van der Waals surface area contributed by atoms with E-state index in [-0.39, 0.29) is 5.91 Å². The molecule has 0 saturated carbocycles. The number of rotatable bonds is 4. The Labute approximate surface area is 132 Å². The number of anilines is 1. The molecule has 21 heavy (non-hydrogen) atoms. The first-order valence-corrected chi connectivity index (χ1v) is 7.24. The van der Waals surface area contributed by atoms with Crippen molar-refractivity contribution in [3.63, 3.8) is 0 Å². The van der Waals surface area contributed by atoms with Crippen molar-refractivity contribution >= 4 is 27.5 Å². The van der Waals surface area contributed by atoms with Crippen LogP contribution < -0.4 is 10.5 Å². The summed E-state index contributed by atoms with van der Waals surface area (Å²) in [4.78, 5) is 14.2. The summed E-state index contributed by atoms with van der Waals surface area (Å²) >= 11 is 3.49. The minimum absolute atomic E-state index is 0.130. The number of benzene rings is 2. The van der Waals surface area contributed by atoms with Crippen molar-refractivity contribution in [2.45, 2.75) is 6.54 Å². The van der Waals surface area contributed by atoms with E-state index < -0.39 is 0 Å². The van der Waals surface area contributed by atoms with E-state index in [0.717, 1.165) is 10.0 Å². The second-order valence-corrected chi connectivity index (χ2v) is 5.57. The van der Waals surface area contributed by atoms with Crippen LogP contribution in [0.25, 0.3) is 0 Å². The Morgan fingerprint density at radius 1 is 1.29 bits per heavy atom. The lowest BCUT2D eigenvalue weighted by molar-refractivity contribution is 0.0781. The van der Waals surface area contributed by atoms with Crippen LogP contribution >= 0.6 is 15.9 Å². The fraction of sp³-hybridized carbons (Fsp3) is 0.188. The third kappa shape index (κ3) is 3.55. The van der Waals surface area contributed by atoms with E-state index in [1.165, 1.54) is 7.11 Å². The molecule has 2 aromatic carbocycles. The van der Waals surface area contributed by atoms with Crippen molar-refractivity contribution in [3.8, 4) is 5.75 Å². The van der Waals surface area contributed by atoms with E-state index in [1.807, 2.05) is 24.3 Å². The molecule has 0 radical (unpaired) electrons. The van der Waals surface area contributed by atoms with Gasteiger partial charge in [0.05, 0.1) is 12.7 Å². The van der Waals surface area contributed by atoms with Crippen molar-refractivity contribution < 1.29 is 9.53 Å². The highest BCUT2D eigenvalue weighted by atomic mass is 79.9. The van der Waals surface area contributed by atoms with Crippen LogP contribution in [0.15, 0.2) is 46.9 Å². The topological polar surface area (TPSA) is 55.6 Å². The summed E-state index contributed by atoms with van der Waals surface area (Å²) in [6.45, 7) is 0.498. The van der Waals surface area contributed by atoms with Gasteiger partial charge in [-0.3, -0.25) is 4.79 Å². The molecule has 0 unspecified atom stereocenters. The second kappa shape index (κ2) is 6.63. The zero-order chi connectivity index (χ0) is 15.4. The van der Waals surface area contributed by atoms with Crippen LogP contribution in [0, 0.1) is 0 Å². The number of methoxy groups -OCH3 is 1. The van der Waals surface area contributed by atoms with Crippen LogP contribution in [0.3, 0.4) is 0 Å². The molecule has 0 aliphatic rings. The molecule has 0 aromatic heterocycles. The third-order valence-electron chi connectivity index (χ3n) is 3.17. The molecule has 0 aliphatic carbocycles. The molecule has 0 saturated heterocycles. The first kappa shape index (κ1) is 15.4. The standard InChI is InChI=1S/C16H17BrN2O2/c1-19(10-11-5-3-4-6-14(11)17)16(20)13-9-12(18)7-8-15(13)21-2/h3-9H,10,18H2,1-2H3. The summed E-state index contributed by atoms with van der Waals surface area (Å²) in [5, 5.41) is 0. The van der Waals surface area contributed by atoms with Gasteiger partial charge in [-0.1, -0.05) is 34.1 Å². The highest BCUT2D eigenvalue weighted by molar-refractivity contribution is 9.10. The van der Waals surface area contributed by atoms with E-state index in [4.69, 9.17) is 10.5 Å². The van der Waals surface area contributed by atoms with Crippen molar-refractivity contribution in [1.29, 1.82) is 0 Å². The molecular formula is C16H17BrN2O2. The number of nitrogen functional groups attached to an aromatic ring is 1. The van der Waals surface area contributed by atoms with E-state index in [1.54, 1.807) is 30.1 Å². The Morgan fingerprint density at radius 3 is 2.67 bits per heavy atom. The van der Waals surface area contributed by atoms with Crippen LogP contribution in [-0.2, 0) is 6.54 Å². The minimum Gasteiger partial charge on any atom is -0.496 e. The number of carbonyl (C=O) groups excluding carboxylic acids is 1. The maximum atomic E-state index is 12.6. The molecule has 110 valence electrons. The monoisotopic (exact) mass is 348 g/mol. The molecule has 5 heteroatoms. The number of hydrogen-bond donors (Lipinski definition) is 1. The fourth-order valence-corrected chi connectivity index (χ4v) is 2.46. The Bertz CT molecular complexity index is 658. The summed E-state index contributed by atoms with van der Waals surface area (Å²) < 4.78 is 6.21. The Balaban J connectivity index is 2.24. The molecular weight excluding hydrogens is 332 g/mol. The molecule has 0 heterocycles. The zero-order valence-electron chi connectivity index (χ0n) is 12.0. The molecule has 0 fully saturated rings. The fourth-order valence-electron chi connectivity index (χ4n) is 2.05. The number of ether oxygens (including phenoxy) is 1. The van der Waals surface area contributed by atoms with Gasteiger partial charge in [0.25, 0.3) is 5.91 Å². The van der Waals surface area contributed by atoms with Gasteiger partial charge >= 0.3 is 0 Å². The Kier molecular flexibility index (Phi) is 4.85. The number of halogens is 1. The first-order valence-electron chi connectivity index (χ1n) is 6.45. The van der Waals surface area contributed by atoms with E-state index in [9.17, 15) is 4.79 Å². The predicted molar refractivity (Wildman–Crippen MR) is 87.3 cm³/mol. The van der Waals surface area contributed by atoms with Crippen LogP contribution in [0.2, 0.25) is 0 Å². The van der Waals surface area contributed by atoms with Gasteiger partial charge in [0.15, 0.2) is 0 Å². The molecule has 2 aromatic rings. The van der Waals surface area contributed by atoms with Gasteiger partial charge in [0, 0.05) is 23.8 Å². The normalized spacial score (nSPS) is 10.2. The van der Waals surface area contributed by atoms with Crippen LogP contribution in [0.5, 0.6) is 5.75 Å². The second-order valence-electron chi connectivity index (χ2n) is 4.71. The summed E-state index contributed by atoms with van der Waals surface area (Å²) in [7, 11) is 3.29. The average molecular weight is 349 g/mol. The van der Waals surface area contributed by atoms with E-state index >= 15 is 0 Å². The number of nitrogens with two attached hydrogens (primary N) is 1. The molecule has 2 N–H and O–H groups in total. The van der Waals surface area contributed by atoms with Crippen molar-refractivity contribution in [2.75, 3.05) is 19.9 Å². The van der Waals surface area contributed by atoms with Gasteiger partial charge in [-0.05, 0) is 29.8 Å². The average Bonchev–Trinajstić information content (AvgIpc) is 2.48. The number of nitrogens with zero attached hydrogens (tertiary/aromatic N) is 1. The van der Waals surface area contributed by atoms with Gasteiger partial charge in [-0.2, -0.15) is 0 Å². The maximum Gasteiger partial charge on any atom is 0.257 e. The maximum absolute atomic E-state index is 12.6. The third-order valence-corrected chi connectivity index (χ3v) is 3.94. The summed E-state index contributed by atoms with van der Waals surface area (Å²) in [5.74, 6) is 0.392. The van der Waals surface area contributed by atoms with Gasteiger partial charge in [-0.25, -0.2) is 0 Å². The van der Waals surface area contributed by atoms with Crippen molar-refractivity contribution in [3.05, 3.63) is 58.1 Å². The minimum atomic E-state index is -0.130. The molecule has 1 amide bonds. The lowest BCUT2D eigenvalue weighted by Crippen LogP contribution is -2.26. The summed E-state index contributed by atoms with van der Waals surface area (Å²) in [5.41, 5.74) is 7.80. The summed E-state index contributed by atoms with van der Waals surface area (Å²) in [6.07, 6.45) is 0. The summed E-state index contributed by atoms with van der Waals surface area (Å²) in [6, 6.07) is 12.9. The highest BCUT2D eigenvalue weighted by Crippen LogP contribution is 2.24. The van der Waals surface area contributed by atoms with E-state index in [0.29, 0.717) is 23.5 Å².